The fourth-order valence-corrected chi connectivity index (χ4v) is 3.78. The number of halogens is 1. The summed E-state index contributed by atoms with van der Waals surface area (Å²) >= 11 is 3.48. The van der Waals surface area contributed by atoms with Gasteiger partial charge in [0.2, 0.25) is 0 Å². The lowest BCUT2D eigenvalue weighted by atomic mass is 10.1. The molecule has 0 saturated carbocycles. The van der Waals surface area contributed by atoms with E-state index in [1.165, 1.54) is 13.2 Å². The minimum Gasteiger partial charge on any atom is -0.493 e. The molecule has 1 amide bonds. The lowest BCUT2D eigenvalue weighted by Crippen LogP contribution is -2.13. The summed E-state index contributed by atoms with van der Waals surface area (Å²) in [6.07, 6.45) is 2.39. The van der Waals surface area contributed by atoms with Gasteiger partial charge in [-0.15, -0.1) is 0 Å². The van der Waals surface area contributed by atoms with E-state index in [9.17, 15) is 15.3 Å². The number of nitrogens with zero attached hydrogens (tertiary/aromatic N) is 2. The highest BCUT2D eigenvalue weighted by molar-refractivity contribution is 9.10. The van der Waals surface area contributed by atoms with Crippen LogP contribution in [0.3, 0.4) is 0 Å². The van der Waals surface area contributed by atoms with Gasteiger partial charge in [0.15, 0.2) is 11.5 Å². The van der Waals surface area contributed by atoms with Crippen molar-refractivity contribution in [1.82, 2.24) is 0 Å². The van der Waals surface area contributed by atoms with Crippen molar-refractivity contribution in [3.8, 4) is 23.6 Å². The van der Waals surface area contributed by atoms with Gasteiger partial charge in [-0.2, -0.15) is 10.5 Å². The molecule has 3 aromatic carbocycles. The van der Waals surface area contributed by atoms with E-state index in [1.54, 1.807) is 24.3 Å². The largest absolute Gasteiger partial charge is 0.493 e. The highest BCUT2D eigenvalue weighted by Crippen LogP contribution is 2.38. The van der Waals surface area contributed by atoms with Gasteiger partial charge in [-0.3, -0.25) is 4.79 Å². The molecule has 0 radical (unpaired) electrons. The molecule has 0 saturated heterocycles. The molecule has 34 heavy (non-hydrogen) atoms. The van der Waals surface area contributed by atoms with Gasteiger partial charge in [-0.25, -0.2) is 0 Å². The van der Waals surface area contributed by atoms with Gasteiger partial charge in [0.1, 0.15) is 18.2 Å². The van der Waals surface area contributed by atoms with Gasteiger partial charge in [0.25, 0.3) is 5.91 Å². The van der Waals surface area contributed by atoms with Crippen molar-refractivity contribution in [2.45, 2.75) is 20.0 Å². The summed E-state index contributed by atoms with van der Waals surface area (Å²) in [5.41, 5.74) is 3.59. The van der Waals surface area contributed by atoms with Gasteiger partial charge in [0.05, 0.1) is 23.2 Å². The number of rotatable bonds is 8. The molecule has 0 heterocycles. The SMILES string of the molecule is CCc1ccc(NC(=O)/C(C#N)=C/c2cc(Br)c(OCc3ccccc3C#N)c(OC)c2)cc1. The van der Waals surface area contributed by atoms with Gasteiger partial charge < -0.3 is 14.8 Å². The second-order valence-corrected chi connectivity index (χ2v) is 8.12. The van der Waals surface area contributed by atoms with E-state index < -0.39 is 5.91 Å². The maximum atomic E-state index is 12.6. The van der Waals surface area contributed by atoms with E-state index in [-0.39, 0.29) is 12.2 Å². The Labute approximate surface area is 207 Å². The van der Waals surface area contributed by atoms with Crippen molar-refractivity contribution in [3.05, 3.63) is 93.0 Å². The van der Waals surface area contributed by atoms with E-state index >= 15 is 0 Å². The van der Waals surface area contributed by atoms with Crippen molar-refractivity contribution in [2.75, 3.05) is 12.4 Å². The van der Waals surface area contributed by atoms with E-state index in [2.05, 4.69) is 34.2 Å². The average Bonchev–Trinajstić information content (AvgIpc) is 2.86. The molecule has 1 N–H and O–H groups in total. The van der Waals surface area contributed by atoms with Crippen LogP contribution in [0, 0.1) is 22.7 Å². The van der Waals surface area contributed by atoms with Crippen LogP contribution in [-0.4, -0.2) is 13.0 Å². The van der Waals surface area contributed by atoms with Crippen molar-refractivity contribution in [3.63, 3.8) is 0 Å². The molecule has 6 nitrogen and oxygen atoms in total. The minimum absolute atomic E-state index is 0.0508. The van der Waals surface area contributed by atoms with Crippen LogP contribution >= 0.6 is 15.9 Å². The predicted molar refractivity (Wildman–Crippen MR) is 134 cm³/mol. The molecule has 0 spiro atoms. The summed E-state index contributed by atoms with van der Waals surface area (Å²) in [5.74, 6) is 0.365. The molecule has 0 aromatic heterocycles. The molecule has 170 valence electrons. The van der Waals surface area contributed by atoms with Crippen LogP contribution in [0.25, 0.3) is 6.08 Å². The number of methoxy groups -OCH3 is 1. The molecule has 3 rings (SSSR count). The van der Waals surface area contributed by atoms with Crippen molar-refractivity contribution in [1.29, 1.82) is 10.5 Å². The normalized spacial score (nSPS) is 10.7. The third kappa shape index (κ3) is 6.04. The summed E-state index contributed by atoms with van der Waals surface area (Å²) in [4.78, 5) is 12.6. The summed E-state index contributed by atoms with van der Waals surface area (Å²) in [7, 11) is 1.50. The third-order valence-corrected chi connectivity index (χ3v) is 5.65. The molecular weight excluding hydrogens is 494 g/mol. The monoisotopic (exact) mass is 515 g/mol. The average molecular weight is 516 g/mol. The number of hydrogen-bond donors (Lipinski definition) is 1. The smallest absolute Gasteiger partial charge is 0.266 e. The van der Waals surface area contributed by atoms with Crippen molar-refractivity contribution in [2.24, 2.45) is 0 Å². The Kier molecular flexibility index (Phi) is 8.45. The molecule has 0 unspecified atom stereocenters. The second-order valence-electron chi connectivity index (χ2n) is 7.27. The molecule has 0 aliphatic rings. The Hall–Kier alpha value is -4.07. The first-order valence-electron chi connectivity index (χ1n) is 10.5. The zero-order chi connectivity index (χ0) is 24.5. The fraction of sp³-hybridized carbons (Fsp3) is 0.148. The number of carbonyl (C=O) groups excluding carboxylic acids is 1. The molecule has 0 fully saturated rings. The molecule has 0 bridgehead atoms. The molecular formula is C27H22BrN3O3. The number of hydrogen-bond acceptors (Lipinski definition) is 5. The first-order valence-corrected chi connectivity index (χ1v) is 11.3. The minimum atomic E-state index is -0.504. The van der Waals surface area contributed by atoms with Gasteiger partial charge in [0, 0.05) is 11.3 Å². The first-order chi connectivity index (χ1) is 16.5. The highest BCUT2D eigenvalue weighted by Gasteiger charge is 2.15. The Balaban J connectivity index is 1.81. The Bertz CT molecular complexity index is 1300. The van der Waals surface area contributed by atoms with Crippen molar-refractivity contribution >= 4 is 33.6 Å². The summed E-state index contributed by atoms with van der Waals surface area (Å²) < 4.78 is 12.0. The number of nitriles is 2. The van der Waals surface area contributed by atoms with Gasteiger partial charge >= 0.3 is 0 Å². The standard InChI is InChI=1S/C27H22BrN3O3/c1-3-18-8-10-23(11-9-18)31-27(32)22(16-30)12-19-13-24(28)26(25(14-19)33-2)34-17-21-7-5-4-6-20(21)15-29/h4-14H,3,17H2,1-2H3,(H,31,32)/b22-12+. The Morgan fingerprint density at radius 3 is 2.50 bits per heavy atom. The van der Waals surface area contributed by atoms with Crippen LogP contribution in [-0.2, 0) is 17.8 Å². The molecule has 0 atom stereocenters. The lowest BCUT2D eigenvalue weighted by molar-refractivity contribution is -0.112. The maximum absolute atomic E-state index is 12.6. The van der Waals surface area contributed by atoms with Crippen LogP contribution in [0.4, 0.5) is 5.69 Å². The molecule has 0 aliphatic carbocycles. The Morgan fingerprint density at radius 1 is 1.12 bits per heavy atom. The first kappa shape index (κ1) is 24.6. The summed E-state index contributed by atoms with van der Waals surface area (Å²) in [6, 6.07) is 22.2. The highest BCUT2D eigenvalue weighted by atomic mass is 79.9. The van der Waals surface area contributed by atoms with E-state index in [4.69, 9.17) is 9.47 Å². The number of carbonyl (C=O) groups is 1. The number of nitrogens with one attached hydrogen (secondary N) is 1. The summed E-state index contributed by atoms with van der Waals surface area (Å²) in [5, 5.41) is 21.6. The fourth-order valence-electron chi connectivity index (χ4n) is 3.21. The number of amides is 1. The van der Waals surface area contributed by atoms with E-state index in [0.717, 1.165) is 17.5 Å². The van der Waals surface area contributed by atoms with Gasteiger partial charge in [-0.05, 0) is 69.9 Å². The quantitative estimate of drug-likeness (QED) is 0.292. The van der Waals surface area contributed by atoms with E-state index in [0.29, 0.717) is 32.8 Å². The van der Waals surface area contributed by atoms with Crippen LogP contribution in [0.2, 0.25) is 0 Å². The summed E-state index contributed by atoms with van der Waals surface area (Å²) in [6.45, 7) is 2.23. The molecule has 3 aromatic rings. The zero-order valence-corrected chi connectivity index (χ0v) is 20.3. The topological polar surface area (TPSA) is 95.1 Å². The zero-order valence-electron chi connectivity index (χ0n) is 18.8. The Morgan fingerprint density at radius 2 is 1.85 bits per heavy atom. The van der Waals surface area contributed by atoms with Gasteiger partial charge in [-0.1, -0.05) is 37.3 Å². The molecule has 0 aliphatic heterocycles. The van der Waals surface area contributed by atoms with Crippen LogP contribution in [0.5, 0.6) is 11.5 Å². The predicted octanol–water partition coefficient (Wildman–Crippen LogP) is 6.02. The van der Waals surface area contributed by atoms with Crippen molar-refractivity contribution < 1.29 is 14.3 Å². The molecule has 7 heteroatoms. The second kappa shape index (κ2) is 11.7. The third-order valence-electron chi connectivity index (χ3n) is 5.06. The van der Waals surface area contributed by atoms with Crippen LogP contribution in [0.1, 0.15) is 29.2 Å². The lowest BCUT2D eigenvalue weighted by Gasteiger charge is -2.14. The number of benzene rings is 3. The maximum Gasteiger partial charge on any atom is 0.266 e. The van der Waals surface area contributed by atoms with Crippen LogP contribution in [0.15, 0.2) is 70.7 Å². The van der Waals surface area contributed by atoms with E-state index in [1.807, 2.05) is 42.5 Å². The number of ether oxygens (including phenoxy) is 2. The van der Waals surface area contributed by atoms with Crippen LogP contribution < -0.4 is 14.8 Å². The number of anilines is 1. The number of aryl methyl sites for hydroxylation is 1.